The molecule has 0 aromatic rings. The second-order valence-electron chi connectivity index (χ2n) is 1.09. The van der Waals surface area contributed by atoms with Gasteiger partial charge in [0.2, 0.25) is 0 Å². The Morgan fingerprint density at radius 2 is 1.75 bits per heavy atom. The lowest BCUT2D eigenvalue weighted by Crippen LogP contribution is -1.92. The molecule has 0 atom stereocenters. The van der Waals surface area contributed by atoms with Crippen LogP contribution in [0.1, 0.15) is 6.92 Å². The maximum atomic E-state index is 9.60. The van der Waals surface area contributed by atoms with Crippen molar-refractivity contribution >= 4 is 16.2 Å². The van der Waals surface area contributed by atoms with E-state index in [1.807, 2.05) is 0 Å². The molecule has 0 fully saturated rings. The highest BCUT2D eigenvalue weighted by Crippen LogP contribution is 1.81. The summed E-state index contributed by atoms with van der Waals surface area (Å²) in [5, 5.41) is 7.89. The smallest absolute Gasteiger partial charge is 0.330 e. The average molecular weight is 129 g/mol. The predicted octanol–water partition coefficient (Wildman–Crippen LogP) is 0.850. The van der Waals surface area contributed by atoms with Crippen molar-refractivity contribution in [3.05, 3.63) is 12.2 Å². The first kappa shape index (κ1) is 10.4. The van der Waals surface area contributed by atoms with Gasteiger partial charge in [-0.05, 0) is 6.92 Å². The van der Waals surface area contributed by atoms with E-state index in [9.17, 15) is 4.79 Å². The van der Waals surface area contributed by atoms with Crippen molar-refractivity contribution < 1.29 is 9.90 Å². The third-order valence-electron chi connectivity index (χ3n) is 0.365. The summed E-state index contributed by atoms with van der Waals surface area (Å²) in [6.07, 6.45) is 0. The van der Waals surface area contributed by atoms with Gasteiger partial charge in [0.15, 0.2) is 0 Å². The molecule has 0 aromatic heterocycles. The van der Waals surface area contributed by atoms with Gasteiger partial charge in [-0.15, -0.1) is 0 Å². The van der Waals surface area contributed by atoms with Gasteiger partial charge in [0.25, 0.3) is 0 Å². The molecule has 0 rings (SSSR count). The van der Waals surface area contributed by atoms with Crippen LogP contribution in [0.2, 0.25) is 6.55 Å². The van der Waals surface area contributed by atoms with E-state index in [-0.39, 0.29) is 5.57 Å². The molecule has 0 aliphatic carbocycles. The Labute approximate surface area is 52.6 Å². The molecule has 0 saturated carbocycles. The minimum absolute atomic E-state index is 0.176. The second-order valence-corrected chi connectivity index (χ2v) is 1.09. The number of rotatable bonds is 1. The summed E-state index contributed by atoms with van der Waals surface area (Å²) in [5.41, 5.74) is 0.176. The van der Waals surface area contributed by atoms with Gasteiger partial charge < -0.3 is 5.11 Å². The van der Waals surface area contributed by atoms with E-state index in [2.05, 4.69) is 16.8 Å². The fraction of sp³-hybridized carbons (Fsp3) is 0.400. The number of carboxylic acids is 1. The monoisotopic (exact) mass is 129 g/mol. The zero-order valence-electron chi connectivity index (χ0n) is 5.06. The summed E-state index contributed by atoms with van der Waals surface area (Å²) in [6.45, 7) is 6.41. The molecular weight excluding hydrogens is 120 g/mol. The molecule has 0 spiro atoms. The lowest BCUT2D eigenvalue weighted by atomic mass is 10.4. The highest BCUT2D eigenvalue weighted by atomic mass is 28.1. The van der Waals surface area contributed by atoms with Gasteiger partial charge in [-0.1, -0.05) is 13.1 Å². The first-order valence-electron chi connectivity index (χ1n) is 2.03. The Morgan fingerprint density at radius 3 is 1.75 bits per heavy atom. The Bertz CT molecular complexity index is 76.4. The third-order valence-corrected chi connectivity index (χ3v) is 0.365. The average Bonchev–Trinajstić information content (AvgIpc) is 1.72. The van der Waals surface area contributed by atoms with Crippen molar-refractivity contribution in [3.8, 4) is 0 Å². The number of hydrogen-bond donors (Lipinski definition) is 1. The van der Waals surface area contributed by atoms with Gasteiger partial charge in [-0.2, -0.15) is 0 Å². The zero-order valence-corrected chi connectivity index (χ0v) is 6.06. The number of hydrogen-bond acceptors (Lipinski definition) is 1. The van der Waals surface area contributed by atoms with Crippen LogP contribution in [0.25, 0.3) is 0 Å². The fourth-order valence-electron chi connectivity index (χ4n) is 0. The van der Waals surface area contributed by atoms with Crippen LogP contribution in [0.15, 0.2) is 12.2 Å². The van der Waals surface area contributed by atoms with E-state index < -0.39 is 5.97 Å². The largest absolute Gasteiger partial charge is 0.478 e. The molecule has 3 heteroatoms. The SMILES string of the molecule is C=C(C)C(=O)O.C[Si]. The third kappa shape index (κ3) is 9.06. The van der Waals surface area contributed by atoms with Crippen LogP contribution in [0.3, 0.4) is 0 Å². The van der Waals surface area contributed by atoms with Gasteiger partial charge >= 0.3 is 5.97 Å². The van der Waals surface area contributed by atoms with Gasteiger partial charge in [0, 0.05) is 15.8 Å². The second kappa shape index (κ2) is 6.43. The fourth-order valence-corrected chi connectivity index (χ4v) is 0. The summed E-state index contributed by atoms with van der Waals surface area (Å²) in [6, 6.07) is 0. The first-order chi connectivity index (χ1) is 3.64. The lowest BCUT2D eigenvalue weighted by Gasteiger charge is -1.79. The van der Waals surface area contributed by atoms with Gasteiger partial charge in [0.05, 0.1) is 0 Å². The summed E-state index contributed by atoms with van der Waals surface area (Å²) in [5.74, 6) is -0.935. The molecule has 45 valence electrons. The molecule has 3 radical (unpaired) electrons. The predicted molar refractivity (Wildman–Crippen MR) is 34.1 cm³/mol. The van der Waals surface area contributed by atoms with Gasteiger partial charge in [-0.25, -0.2) is 4.79 Å². The first-order valence-corrected chi connectivity index (χ1v) is 3.03. The molecule has 0 bridgehead atoms. The molecule has 0 saturated heterocycles. The van der Waals surface area contributed by atoms with Crippen LogP contribution in [-0.4, -0.2) is 21.3 Å². The molecule has 0 unspecified atom stereocenters. The molecule has 8 heavy (non-hydrogen) atoms. The Hall–Kier alpha value is -0.573. The van der Waals surface area contributed by atoms with E-state index in [0.29, 0.717) is 0 Å². The van der Waals surface area contributed by atoms with Crippen molar-refractivity contribution in [2.45, 2.75) is 13.5 Å². The standard InChI is InChI=1S/C4H6O2.CH3Si/c1-3(2)4(5)6;1-2/h1H2,2H3,(H,5,6);1H3. The van der Waals surface area contributed by atoms with Crippen molar-refractivity contribution in [2.24, 2.45) is 0 Å². The quantitative estimate of drug-likeness (QED) is 0.421. The molecule has 0 aliphatic heterocycles. The van der Waals surface area contributed by atoms with Gasteiger partial charge in [-0.3, -0.25) is 0 Å². The van der Waals surface area contributed by atoms with Crippen molar-refractivity contribution in [2.75, 3.05) is 0 Å². The minimum Gasteiger partial charge on any atom is -0.478 e. The van der Waals surface area contributed by atoms with Gasteiger partial charge in [0.1, 0.15) is 0 Å². The van der Waals surface area contributed by atoms with Crippen LogP contribution in [-0.2, 0) is 4.79 Å². The highest BCUT2D eigenvalue weighted by Gasteiger charge is 1.90. The number of carbonyl (C=O) groups is 1. The maximum Gasteiger partial charge on any atom is 0.330 e. The molecule has 2 nitrogen and oxygen atoms in total. The highest BCUT2D eigenvalue weighted by molar-refractivity contribution is 6.05. The van der Waals surface area contributed by atoms with Crippen LogP contribution < -0.4 is 0 Å². The van der Waals surface area contributed by atoms with E-state index in [1.165, 1.54) is 6.92 Å². The van der Waals surface area contributed by atoms with Crippen molar-refractivity contribution in [1.82, 2.24) is 0 Å². The Morgan fingerprint density at radius 1 is 1.62 bits per heavy atom. The molecular formula is C5H9O2Si. The van der Waals surface area contributed by atoms with Crippen LogP contribution >= 0.6 is 0 Å². The number of carboxylic acid groups (broad SMARTS) is 1. The molecule has 0 aliphatic rings. The van der Waals surface area contributed by atoms with Crippen molar-refractivity contribution in [3.63, 3.8) is 0 Å². The normalized spacial score (nSPS) is 6.38. The Kier molecular flexibility index (Phi) is 8.37. The summed E-state index contributed by atoms with van der Waals surface area (Å²) in [7, 11) is 2.97. The molecule has 1 N–H and O–H groups in total. The number of aliphatic carboxylic acids is 1. The maximum absolute atomic E-state index is 9.60. The zero-order chi connectivity index (χ0) is 7.15. The van der Waals surface area contributed by atoms with E-state index in [0.717, 1.165) is 0 Å². The summed E-state index contributed by atoms with van der Waals surface area (Å²) < 4.78 is 0. The molecule has 0 aromatic carbocycles. The van der Waals surface area contributed by atoms with Crippen LogP contribution in [0, 0.1) is 0 Å². The minimum atomic E-state index is -0.935. The molecule has 0 heterocycles. The van der Waals surface area contributed by atoms with Crippen LogP contribution in [0.4, 0.5) is 0 Å². The topological polar surface area (TPSA) is 37.3 Å². The lowest BCUT2D eigenvalue weighted by molar-refractivity contribution is -0.132. The van der Waals surface area contributed by atoms with Crippen LogP contribution in [0.5, 0.6) is 0 Å². The summed E-state index contributed by atoms with van der Waals surface area (Å²) >= 11 is 0. The van der Waals surface area contributed by atoms with E-state index in [1.54, 1.807) is 6.55 Å². The summed E-state index contributed by atoms with van der Waals surface area (Å²) in [4.78, 5) is 9.60. The Balaban J connectivity index is 0. The van der Waals surface area contributed by atoms with E-state index >= 15 is 0 Å². The van der Waals surface area contributed by atoms with Crippen molar-refractivity contribution in [1.29, 1.82) is 0 Å². The molecule has 0 amide bonds. The van der Waals surface area contributed by atoms with E-state index in [4.69, 9.17) is 5.11 Å².